The van der Waals surface area contributed by atoms with Crippen LogP contribution >= 0.6 is 0 Å². The highest BCUT2D eigenvalue weighted by atomic mass is 16.9. The van der Waals surface area contributed by atoms with Crippen molar-refractivity contribution in [1.82, 2.24) is 0 Å². The highest BCUT2D eigenvalue weighted by molar-refractivity contribution is 5.66. The predicted octanol–water partition coefficient (Wildman–Crippen LogP) is 3.59. The summed E-state index contributed by atoms with van der Waals surface area (Å²) in [5, 5.41) is 0. The minimum Gasteiger partial charge on any atom is -0.463 e. The molecule has 0 amide bonds. The normalized spacial score (nSPS) is 11.6. The molecule has 26 heavy (non-hydrogen) atoms. The third kappa shape index (κ3) is 14.0. The highest BCUT2D eigenvalue weighted by Crippen LogP contribution is 2.27. The second kappa shape index (κ2) is 14.9. The molecule has 0 radical (unpaired) electrons. The lowest BCUT2D eigenvalue weighted by molar-refractivity contribution is -0.330. The molecule has 0 saturated heterocycles. The molecule has 0 rings (SSSR count). The molecular weight excluding hydrogens is 340 g/mol. The van der Waals surface area contributed by atoms with Gasteiger partial charge in [0.2, 0.25) is 0 Å². The topological polar surface area (TPSA) is 80.3 Å². The van der Waals surface area contributed by atoms with Crippen molar-refractivity contribution < 1.29 is 33.3 Å². The molecule has 0 aromatic rings. The number of hydrogen-bond donors (Lipinski definition) is 0. The first-order valence-electron chi connectivity index (χ1n) is 9.50. The van der Waals surface area contributed by atoms with E-state index in [1.165, 1.54) is 13.8 Å². The summed E-state index contributed by atoms with van der Waals surface area (Å²) in [6, 6.07) is 0. The van der Waals surface area contributed by atoms with E-state index in [9.17, 15) is 9.59 Å². The fourth-order valence-corrected chi connectivity index (χ4v) is 2.35. The van der Waals surface area contributed by atoms with E-state index in [0.29, 0.717) is 0 Å². The first kappa shape index (κ1) is 24.8. The van der Waals surface area contributed by atoms with Crippen molar-refractivity contribution >= 4 is 11.9 Å². The van der Waals surface area contributed by atoms with Crippen molar-refractivity contribution in [3.63, 3.8) is 0 Å². The van der Waals surface area contributed by atoms with Gasteiger partial charge in [0.25, 0.3) is 6.48 Å². The van der Waals surface area contributed by atoms with E-state index in [1.807, 2.05) is 0 Å². The molecule has 7 nitrogen and oxygen atoms in total. The highest BCUT2D eigenvalue weighted by Gasteiger charge is 2.29. The van der Waals surface area contributed by atoms with Crippen molar-refractivity contribution in [2.45, 2.75) is 85.2 Å². The SMILES string of the molecule is CCCCC(C)(CCCC)OC(OCCOC(C)=O)OCCOC(C)=O. The molecule has 0 saturated carbocycles. The van der Waals surface area contributed by atoms with E-state index in [1.54, 1.807) is 0 Å². The fourth-order valence-electron chi connectivity index (χ4n) is 2.35. The molecule has 0 unspecified atom stereocenters. The molecule has 7 heteroatoms. The number of carbonyl (C=O) groups excluding carboxylic acids is 2. The van der Waals surface area contributed by atoms with Crippen molar-refractivity contribution in [3.8, 4) is 0 Å². The van der Waals surface area contributed by atoms with Crippen molar-refractivity contribution in [1.29, 1.82) is 0 Å². The number of carbonyl (C=O) groups is 2. The van der Waals surface area contributed by atoms with Gasteiger partial charge in [-0.15, -0.1) is 0 Å². The molecule has 0 heterocycles. The first-order valence-corrected chi connectivity index (χ1v) is 9.50. The van der Waals surface area contributed by atoms with Crippen LogP contribution in [0.15, 0.2) is 0 Å². The Hall–Kier alpha value is -1.18. The van der Waals surface area contributed by atoms with Crippen LogP contribution in [0.1, 0.15) is 73.1 Å². The first-order chi connectivity index (χ1) is 12.3. The van der Waals surface area contributed by atoms with E-state index in [0.717, 1.165) is 38.5 Å². The summed E-state index contributed by atoms with van der Waals surface area (Å²) in [7, 11) is 0. The summed E-state index contributed by atoms with van der Waals surface area (Å²) >= 11 is 0. The molecule has 0 aliphatic carbocycles. The third-order valence-electron chi connectivity index (χ3n) is 3.78. The van der Waals surface area contributed by atoms with Gasteiger partial charge in [0.1, 0.15) is 13.2 Å². The Balaban J connectivity index is 4.66. The van der Waals surface area contributed by atoms with Crippen LogP contribution < -0.4 is 0 Å². The number of unbranched alkanes of at least 4 members (excludes halogenated alkanes) is 2. The third-order valence-corrected chi connectivity index (χ3v) is 3.78. The quantitative estimate of drug-likeness (QED) is 0.231. The summed E-state index contributed by atoms with van der Waals surface area (Å²) in [5.41, 5.74) is -0.362. The van der Waals surface area contributed by atoms with Crippen LogP contribution in [0.3, 0.4) is 0 Å². The van der Waals surface area contributed by atoms with Gasteiger partial charge in [0.15, 0.2) is 0 Å². The maximum Gasteiger partial charge on any atom is 0.302 e. The lowest BCUT2D eigenvalue weighted by Gasteiger charge is -2.34. The van der Waals surface area contributed by atoms with E-state index in [4.69, 9.17) is 23.7 Å². The molecule has 0 atom stereocenters. The van der Waals surface area contributed by atoms with Gasteiger partial charge in [-0.05, 0) is 19.8 Å². The molecular formula is C19H36O7. The summed E-state index contributed by atoms with van der Waals surface area (Å²) in [4.78, 5) is 21.7. The summed E-state index contributed by atoms with van der Waals surface area (Å²) in [5.74, 6) is -0.727. The van der Waals surface area contributed by atoms with E-state index < -0.39 is 6.48 Å². The molecule has 0 aromatic carbocycles. The van der Waals surface area contributed by atoms with Gasteiger partial charge in [-0.2, -0.15) is 0 Å². The lowest BCUT2D eigenvalue weighted by atomic mass is 9.93. The minimum absolute atomic E-state index is 0.128. The zero-order chi connectivity index (χ0) is 19.8. The van der Waals surface area contributed by atoms with Crippen LogP contribution in [0.5, 0.6) is 0 Å². The van der Waals surface area contributed by atoms with E-state index in [-0.39, 0.29) is 44.0 Å². The molecule has 0 N–H and O–H groups in total. The number of hydrogen-bond acceptors (Lipinski definition) is 7. The maximum atomic E-state index is 10.8. The van der Waals surface area contributed by atoms with Crippen LogP contribution in [-0.4, -0.2) is 50.4 Å². The van der Waals surface area contributed by atoms with Crippen molar-refractivity contribution in [2.24, 2.45) is 0 Å². The lowest BCUT2D eigenvalue weighted by Crippen LogP contribution is -2.37. The van der Waals surface area contributed by atoms with Crippen LogP contribution in [0.25, 0.3) is 0 Å². The van der Waals surface area contributed by atoms with Crippen molar-refractivity contribution in [2.75, 3.05) is 26.4 Å². The average molecular weight is 376 g/mol. The molecule has 154 valence electrons. The average Bonchev–Trinajstić information content (AvgIpc) is 2.58. The minimum atomic E-state index is -0.903. The Morgan fingerprint density at radius 3 is 1.58 bits per heavy atom. The van der Waals surface area contributed by atoms with Gasteiger partial charge in [0, 0.05) is 13.8 Å². The molecule has 0 fully saturated rings. The summed E-state index contributed by atoms with van der Waals surface area (Å²) in [6.07, 6.45) is 6.07. The maximum absolute atomic E-state index is 10.8. The van der Waals surface area contributed by atoms with Crippen molar-refractivity contribution in [3.05, 3.63) is 0 Å². The molecule has 0 spiro atoms. The standard InChI is InChI=1S/C19H36O7/c1-6-8-10-19(5,11-9-7-2)26-18(24-14-12-22-16(3)20)25-15-13-23-17(4)21/h18H,6-15H2,1-5H3. The number of rotatable bonds is 16. The Kier molecular flexibility index (Phi) is 14.3. The van der Waals surface area contributed by atoms with Gasteiger partial charge < -0.3 is 23.7 Å². The monoisotopic (exact) mass is 376 g/mol. The van der Waals surface area contributed by atoms with Gasteiger partial charge >= 0.3 is 11.9 Å². The molecule has 0 aliphatic heterocycles. The van der Waals surface area contributed by atoms with E-state index in [2.05, 4.69) is 20.8 Å². The summed E-state index contributed by atoms with van der Waals surface area (Å²) < 4.78 is 27.0. The van der Waals surface area contributed by atoms with Crippen LogP contribution in [0, 0.1) is 0 Å². The fraction of sp³-hybridized carbons (Fsp3) is 0.895. The zero-order valence-corrected chi connectivity index (χ0v) is 17.0. The van der Waals surface area contributed by atoms with Gasteiger partial charge in [0.05, 0.1) is 18.8 Å². The number of ether oxygens (including phenoxy) is 5. The molecule has 0 aromatic heterocycles. The van der Waals surface area contributed by atoms with Crippen LogP contribution in [0.2, 0.25) is 0 Å². The number of esters is 2. The van der Waals surface area contributed by atoms with E-state index >= 15 is 0 Å². The Bertz CT molecular complexity index is 354. The van der Waals surface area contributed by atoms with Gasteiger partial charge in [-0.1, -0.05) is 39.5 Å². The summed E-state index contributed by atoms with van der Waals surface area (Å²) in [6.45, 7) is 8.71. The van der Waals surface area contributed by atoms with Crippen LogP contribution in [-0.2, 0) is 33.3 Å². The Morgan fingerprint density at radius 1 is 0.808 bits per heavy atom. The smallest absolute Gasteiger partial charge is 0.302 e. The predicted molar refractivity (Wildman–Crippen MR) is 97.5 cm³/mol. The second-order valence-electron chi connectivity index (χ2n) is 6.49. The Labute approximate surface area is 157 Å². The van der Waals surface area contributed by atoms with Gasteiger partial charge in [-0.3, -0.25) is 9.59 Å². The largest absolute Gasteiger partial charge is 0.463 e. The molecule has 0 bridgehead atoms. The Morgan fingerprint density at radius 2 is 1.23 bits per heavy atom. The second-order valence-corrected chi connectivity index (χ2v) is 6.49. The molecule has 0 aliphatic rings. The van der Waals surface area contributed by atoms with Gasteiger partial charge in [-0.25, -0.2) is 0 Å². The van der Waals surface area contributed by atoms with Crippen LogP contribution in [0.4, 0.5) is 0 Å². The zero-order valence-electron chi connectivity index (χ0n) is 17.0.